The van der Waals surface area contributed by atoms with Crippen LogP contribution in [-0.4, -0.2) is 41.5 Å². The van der Waals surface area contributed by atoms with Gasteiger partial charge in [-0.25, -0.2) is 9.37 Å². The fraction of sp³-hybridized carbons (Fsp3) is 0.238. The number of aromatic nitrogens is 1. The van der Waals surface area contributed by atoms with Gasteiger partial charge < -0.3 is 9.80 Å². The first-order valence-corrected chi connectivity index (χ1v) is 8.81. The van der Waals surface area contributed by atoms with Crippen molar-refractivity contribution in [2.24, 2.45) is 0 Å². The first-order chi connectivity index (χ1) is 13.5. The topological polar surface area (TPSA) is 84.0 Å². The average Bonchev–Trinajstić information content (AvgIpc) is 2.72. The van der Waals surface area contributed by atoms with Crippen LogP contribution in [0, 0.1) is 28.5 Å². The molecule has 2 heterocycles. The Bertz CT molecular complexity index is 1000. The van der Waals surface area contributed by atoms with E-state index in [1.165, 1.54) is 12.1 Å². The number of benzene rings is 1. The van der Waals surface area contributed by atoms with Gasteiger partial charge in [0.25, 0.3) is 0 Å². The van der Waals surface area contributed by atoms with Crippen LogP contribution in [0.4, 0.5) is 10.2 Å². The lowest BCUT2D eigenvalue weighted by Gasteiger charge is -2.40. The van der Waals surface area contributed by atoms with Crippen LogP contribution in [0.2, 0.25) is 0 Å². The molecule has 6 nitrogen and oxygen atoms in total. The Morgan fingerprint density at radius 3 is 2.82 bits per heavy atom. The van der Waals surface area contributed by atoms with Gasteiger partial charge >= 0.3 is 0 Å². The Hall–Kier alpha value is -3.71. The second-order valence-corrected chi connectivity index (χ2v) is 6.53. The molecule has 1 aromatic carbocycles. The van der Waals surface area contributed by atoms with Crippen molar-refractivity contribution >= 4 is 17.8 Å². The Labute approximate surface area is 162 Å². The van der Waals surface area contributed by atoms with Crippen LogP contribution in [0.1, 0.15) is 23.6 Å². The summed E-state index contributed by atoms with van der Waals surface area (Å²) in [7, 11) is 0. The maximum absolute atomic E-state index is 13.3. The van der Waals surface area contributed by atoms with Gasteiger partial charge in [0.05, 0.1) is 23.4 Å². The van der Waals surface area contributed by atoms with Crippen LogP contribution in [0.5, 0.6) is 0 Å². The number of hydrogen-bond acceptors (Lipinski definition) is 5. The highest BCUT2D eigenvalue weighted by Gasteiger charge is 2.28. The Balaban J connectivity index is 1.68. The number of piperazine rings is 1. The molecule has 0 saturated carbocycles. The molecule has 1 aromatic heterocycles. The lowest BCUT2D eigenvalue weighted by molar-refractivity contribution is -0.128. The van der Waals surface area contributed by atoms with Gasteiger partial charge in [0.2, 0.25) is 5.91 Å². The van der Waals surface area contributed by atoms with Crippen molar-refractivity contribution in [1.82, 2.24) is 9.88 Å². The number of halogens is 1. The highest BCUT2D eigenvalue weighted by molar-refractivity contribution is 5.92. The molecule has 1 atom stereocenters. The number of anilines is 1. The highest BCUT2D eigenvalue weighted by atomic mass is 19.1. The van der Waals surface area contributed by atoms with Crippen LogP contribution in [0.15, 0.2) is 42.6 Å². The molecule has 1 aliphatic heterocycles. The fourth-order valence-electron chi connectivity index (χ4n) is 3.22. The maximum Gasteiger partial charge on any atom is 0.246 e. The lowest BCUT2D eigenvalue weighted by atomic mass is 10.1. The fourth-order valence-corrected chi connectivity index (χ4v) is 3.22. The zero-order valence-corrected chi connectivity index (χ0v) is 15.3. The van der Waals surface area contributed by atoms with Gasteiger partial charge in [0, 0.05) is 31.8 Å². The molecular weight excluding hydrogens is 357 g/mol. The van der Waals surface area contributed by atoms with E-state index in [1.807, 2.05) is 24.0 Å². The third kappa shape index (κ3) is 4.16. The number of amides is 1. The number of hydrogen-bond donors (Lipinski definition) is 0. The molecule has 0 spiro atoms. The smallest absolute Gasteiger partial charge is 0.246 e. The minimum Gasteiger partial charge on any atom is -0.352 e. The summed E-state index contributed by atoms with van der Waals surface area (Å²) < 4.78 is 13.3. The number of rotatable bonds is 3. The van der Waals surface area contributed by atoms with Crippen LogP contribution in [0.25, 0.3) is 6.08 Å². The summed E-state index contributed by atoms with van der Waals surface area (Å²) in [6.07, 6.45) is 4.29. The predicted octanol–water partition coefficient (Wildman–Crippen LogP) is 2.71. The SMILES string of the molecule is C[C@@H]1CN(c2ncc(F)cc2C#N)CCN1C(=O)/C=C/c1cccc(C#N)c1. The number of carbonyl (C=O) groups is 1. The van der Waals surface area contributed by atoms with E-state index in [1.54, 1.807) is 29.2 Å². The molecule has 3 rings (SSSR count). The van der Waals surface area contributed by atoms with E-state index in [9.17, 15) is 14.4 Å². The van der Waals surface area contributed by atoms with Crippen molar-refractivity contribution in [3.8, 4) is 12.1 Å². The third-order valence-electron chi connectivity index (χ3n) is 4.60. The Morgan fingerprint density at radius 2 is 2.11 bits per heavy atom. The first-order valence-electron chi connectivity index (χ1n) is 8.81. The van der Waals surface area contributed by atoms with Crippen molar-refractivity contribution in [1.29, 1.82) is 10.5 Å². The molecule has 28 heavy (non-hydrogen) atoms. The van der Waals surface area contributed by atoms with E-state index < -0.39 is 5.82 Å². The largest absolute Gasteiger partial charge is 0.352 e. The van der Waals surface area contributed by atoms with E-state index >= 15 is 0 Å². The van der Waals surface area contributed by atoms with Gasteiger partial charge in [0.15, 0.2) is 0 Å². The van der Waals surface area contributed by atoms with Crippen molar-refractivity contribution < 1.29 is 9.18 Å². The first kappa shape index (κ1) is 19.1. The molecular formula is C21H18FN5O. The summed E-state index contributed by atoms with van der Waals surface area (Å²) in [6.45, 7) is 3.38. The van der Waals surface area contributed by atoms with Crippen LogP contribution in [-0.2, 0) is 4.79 Å². The van der Waals surface area contributed by atoms with Crippen molar-refractivity contribution in [2.75, 3.05) is 24.5 Å². The second kappa shape index (κ2) is 8.32. The number of nitriles is 2. The summed E-state index contributed by atoms with van der Waals surface area (Å²) in [4.78, 5) is 20.3. The minimum absolute atomic E-state index is 0.102. The van der Waals surface area contributed by atoms with E-state index in [4.69, 9.17) is 5.26 Å². The normalized spacial score (nSPS) is 16.6. The van der Waals surface area contributed by atoms with Gasteiger partial charge in [-0.2, -0.15) is 10.5 Å². The zero-order valence-electron chi connectivity index (χ0n) is 15.3. The third-order valence-corrected chi connectivity index (χ3v) is 4.60. The zero-order chi connectivity index (χ0) is 20.1. The maximum atomic E-state index is 13.3. The van der Waals surface area contributed by atoms with Crippen molar-refractivity contribution in [3.05, 3.63) is 65.1 Å². The summed E-state index contributed by atoms with van der Waals surface area (Å²) in [5, 5.41) is 18.2. The Morgan fingerprint density at radius 1 is 1.29 bits per heavy atom. The van der Waals surface area contributed by atoms with E-state index in [0.29, 0.717) is 31.0 Å². The summed E-state index contributed by atoms with van der Waals surface area (Å²) in [6, 6.07) is 12.1. The molecule has 1 amide bonds. The van der Waals surface area contributed by atoms with Gasteiger partial charge in [-0.3, -0.25) is 4.79 Å². The molecule has 1 saturated heterocycles. The number of nitrogens with zero attached hydrogens (tertiary/aromatic N) is 5. The molecule has 0 N–H and O–H groups in total. The molecule has 1 fully saturated rings. The minimum atomic E-state index is -0.548. The molecule has 0 unspecified atom stereocenters. The lowest BCUT2D eigenvalue weighted by Crippen LogP contribution is -2.54. The van der Waals surface area contributed by atoms with Crippen molar-refractivity contribution in [3.63, 3.8) is 0 Å². The molecule has 0 radical (unpaired) electrons. The molecule has 1 aliphatic rings. The predicted molar refractivity (Wildman–Crippen MR) is 102 cm³/mol. The number of carbonyl (C=O) groups excluding carboxylic acids is 1. The van der Waals surface area contributed by atoms with Crippen molar-refractivity contribution in [2.45, 2.75) is 13.0 Å². The standard InChI is InChI=1S/C21H18FN5O/c1-15-14-26(21-18(12-24)10-19(22)13-25-21)7-8-27(15)20(28)6-5-16-3-2-4-17(9-16)11-23/h2-6,9-10,13,15H,7-8,14H2,1H3/b6-5+/t15-/m1/s1. The highest BCUT2D eigenvalue weighted by Crippen LogP contribution is 2.22. The molecule has 0 aliphatic carbocycles. The second-order valence-electron chi connectivity index (χ2n) is 6.53. The summed E-state index contributed by atoms with van der Waals surface area (Å²) in [5.41, 5.74) is 1.51. The van der Waals surface area contributed by atoms with Gasteiger partial charge in [-0.1, -0.05) is 12.1 Å². The van der Waals surface area contributed by atoms with E-state index in [0.717, 1.165) is 11.8 Å². The monoisotopic (exact) mass is 375 g/mol. The van der Waals surface area contributed by atoms with Crippen LogP contribution >= 0.6 is 0 Å². The van der Waals surface area contributed by atoms with Gasteiger partial charge in [-0.15, -0.1) is 0 Å². The molecule has 0 bridgehead atoms. The summed E-state index contributed by atoms with van der Waals surface area (Å²) in [5.74, 6) is -0.235. The quantitative estimate of drug-likeness (QED) is 0.770. The van der Waals surface area contributed by atoms with Crippen LogP contribution < -0.4 is 4.90 Å². The molecule has 140 valence electrons. The average molecular weight is 375 g/mol. The number of pyridine rings is 1. The molecule has 7 heteroatoms. The summed E-state index contributed by atoms with van der Waals surface area (Å²) >= 11 is 0. The Kier molecular flexibility index (Phi) is 5.67. The van der Waals surface area contributed by atoms with Crippen LogP contribution in [0.3, 0.4) is 0 Å². The van der Waals surface area contributed by atoms with Gasteiger partial charge in [-0.05, 0) is 36.8 Å². The van der Waals surface area contributed by atoms with Gasteiger partial charge in [0.1, 0.15) is 17.7 Å². The molecule has 2 aromatic rings. The van der Waals surface area contributed by atoms with E-state index in [-0.39, 0.29) is 17.5 Å². The van der Waals surface area contributed by atoms with E-state index in [2.05, 4.69) is 11.1 Å².